The third kappa shape index (κ3) is 2.79. The highest BCUT2D eigenvalue weighted by Gasteiger charge is 2.00. The molecule has 0 aliphatic carbocycles. The monoisotopic (exact) mass is 224 g/mol. The normalized spacial score (nSPS) is 9.65. The maximum atomic E-state index is 8.84. The molecule has 2 rings (SSSR count). The predicted molar refractivity (Wildman–Crippen MR) is 65.3 cm³/mol. The second kappa shape index (κ2) is 5.08. The van der Waals surface area contributed by atoms with Gasteiger partial charge in [-0.1, -0.05) is 6.07 Å². The molecule has 1 heterocycles. The second-order valence-corrected chi connectivity index (χ2v) is 3.70. The van der Waals surface area contributed by atoms with Crippen molar-refractivity contribution in [3.63, 3.8) is 0 Å². The summed E-state index contributed by atoms with van der Waals surface area (Å²) in [5, 5.41) is 12.1. The van der Waals surface area contributed by atoms with E-state index in [0.717, 1.165) is 16.9 Å². The minimum atomic E-state index is 0.623. The van der Waals surface area contributed by atoms with Gasteiger partial charge < -0.3 is 5.32 Å². The smallest absolute Gasteiger partial charge is 0.115 e. The van der Waals surface area contributed by atoms with Gasteiger partial charge in [0.15, 0.2) is 0 Å². The van der Waals surface area contributed by atoms with Crippen molar-refractivity contribution in [1.29, 1.82) is 5.26 Å². The molecule has 0 fully saturated rings. The standard InChI is InChI=1S/C13H12N4/c1-10-2-3-11(7-14)6-13(10)16-8-12-4-5-15-9-17-12/h2-6,9,16H,8H2,1H3. The fourth-order valence-corrected chi connectivity index (χ4v) is 1.49. The van der Waals surface area contributed by atoms with Crippen molar-refractivity contribution in [2.75, 3.05) is 5.32 Å². The van der Waals surface area contributed by atoms with Crippen molar-refractivity contribution in [2.45, 2.75) is 13.5 Å². The lowest BCUT2D eigenvalue weighted by molar-refractivity contribution is 1.00. The SMILES string of the molecule is Cc1ccc(C#N)cc1NCc1ccncn1. The Hall–Kier alpha value is -2.41. The van der Waals surface area contributed by atoms with Crippen molar-refractivity contribution in [3.8, 4) is 6.07 Å². The molecule has 0 saturated heterocycles. The fourth-order valence-electron chi connectivity index (χ4n) is 1.49. The summed E-state index contributed by atoms with van der Waals surface area (Å²) >= 11 is 0. The first kappa shape index (κ1) is 11.1. The van der Waals surface area contributed by atoms with Gasteiger partial charge in [-0.25, -0.2) is 9.97 Å². The molecule has 84 valence electrons. The number of benzene rings is 1. The molecule has 1 N–H and O–H groups in total. The van der Waals surface area contributed by atoms with Gasteiger partial charge in [-0.15, -0.1) is 0 Å². The Kier molecular flexibility index (Phi) is 3.31. The van der Waals surface area contributed by atoms with Crippen molar-refractivity contribution in [3.05, 3.63) is 53.6 Å². The van der Waals surface area contributed by atoms with Gasteiger partial charge in [0.2, 0.25) is 0 Å². The molecule has 0 bridgehead atoms. The Balaban J connectivity index is 2.12. The van der Waals surface area contributed by atoms with Gasteiger partial charge in [0.1, 0.15) is 6.33 Å². The van der Waals surface area contributed by atoms with E-state index in [-0.39, 0.29) is 0 Å². The third-order valence-electron chi connectivity index (χ3n) is 2.47. The van der Waals surface area contributed by atoms with E-state index < -0.39 is 0 Å². The first-order chi connectivity index (χ1) is 8.29. The van der Waals surface area contributed by atoms with E-state index in [1.807, 2.05) is 31.2 Å². The van der Waals surface area contributed by atoms with Gasteiger partial charge in [-0.3, -0.25) is 0 Å². The number of hydrogen-bond donors (Lipinski definition) is 1. The number of hydrogen-bond acceptors (Lipinski definition) is 4. The quantitative estimate of drug-likeness (QED) is 0.868. The lowest BCUT2D eigenvalue weighted by Crippen LogP contribution is -2.03. The van der Waals surface area contributed by atoms with E-state index in [1.165, 1.54) is 6.33 Å². The van der Waals surface area contributed by atoms with Crippen molar-refractivity contribution >= 4 is 5.69 Å². The number of aromatic nitrogens is 2. The van der Waals surface area contributed by atoms with Crippen LogP contribution >= 0.6 is 0 Å². The van der Waals surface area contributed by atoms with Crippen LogP contribution < -0.4 is 5.32 Å². The van der Waals surface area contributed by atoms with Crippen LogP contribution in [-0.4, -0.2) is 9.97 Å². The summed E-state index contributed by atoms with van der Waals surface area (Å²) in [5.74, 6) is 0. The molecule has 0 unspecified atom stereocenters. The minimum Gasteiger partial charge on any atom is -0.379 e. The van der Waals surface area contributed by atoms with Crippen molar-refractivity contribution < 1.29 is 0 Å². The number of rotatable bonds is 3. The molecular weight excluding hydrogens is 212 g/mol. The molecule has 4 heteroatoms. The predicted octanol–water partition coefficient (Wildman–Crippen LogP) is 2.27. The van der Waals surface area contributed by atoms with Crippen molar-refractivity contribution in [2.24, 2.45) is 0 Å². The van der Waals surface area contributed by atoms with Crippen LogP contribution in [0.2, 0.25) is 0 Å². The first-order valence-corrected chi connectivity index (χ1v) is 5.29. The molecule has 1 aromatic carbocycles. The Labute approximate surface area is 100.0 Å². The van der Waals surface area contributed by atoms with Crippen LogP contribution in [-0.2, 0) is 6.54 Å². The van der Waals surface area contributed by atoms with E-state index >= 15 is 0 Å². The van der Waals surface area contributed by atoms with Gasteiger partial charge in [0.25, 0.3) is 0 Å². The summed E-state index contributed by atoms with van der Waals surface area (Å²) in [6.07, 6.45) is 3.23. The molecule has 0 saturated carbocycles. The topological polar surface area (TPSA) is 61.6 Å². The summed E-state index contributed by atoms with van der Waals surface area (Å²) < 4.78 is 0. The summed E-state index contributed by atoms with van der Waals surface area (Å²) in [6.45, 7) is 2.63. The van der Waals surface area contributed by atoms with E-state index in [4.69, 9.17) is 5.26 Å². The second-order valence-electron chi connectivity index (χ2n) is 3.70. The Morgan fingerprint density at radius 2 is 2.24 bits per heavy atom. The third-order valence-corrected chi connectivity index (χ3v) is 2.47. The molecule has 0 atom stereocenters. The van der Waals surface area contributed by atoms with E-state index in [1.54, 1.807) is 6.20 Å². The zero-order chi connectivity index (χ0) is 12.1. The van der Waals surface area contributed by atoms with E-state index in [9.17, 15) is 0 Å². The largest absolute Gasteiger partial charge is 0.379 e. The van der Waals surface area contributed by atoms with Crippen LogP contribution in [0, 0.1) is 18.3 Å². The fraction of sp³-hybridized carbons (Fsp3) is 0.154. The Bertz CT molecular complexity index is 543. The van der Waals surface area contributed by atoms with Gasteiger partial charge in [0, 0.05) is 11.9 Å². The molecule has 1 aromatic heterocycles. The number of nitrogens with zero attached hydrogens (tertiary/aromatic N) is 3. The summed E-state index contributed by atoms with van der Waals surface area (Å²) in [5.41, 5.74) is 3.64. The maximum Gasteiger partial charge on any atom is 0.115 e. The van der Waals surface area contributed by atoms with Gasteiger partial charge >= 0.3 is 0 Å². The molecule has 0 aliphatic heterocycles. The number of aryl methyl sites for hydroxylation is 1. The highest BCUT2D eigenvalue weighted by atomic mass is 14.9. The Morgan fingerprint density at radius 1 is 1.35 bits per heavy atom. The van der Waals surface area contributed by atoms with Crippen LogP contribution in [0.5, 0.6) is 0 Å². The zero-order valence-electron chi connectivity index (χ0n) is 9.51. The maximum absolute atomic E-state index is 8.84. The zero-order valence-corrected chi connectivity index (χ0v) is 9.51. The summed E-state index contributed by atoms with van der Waals surface area (Å²) in [7, 11) is 0. The van der Waals surface area contributed by atoms with Gasteiger partial charge in [-0.05, 0) is 30.7 Å². The molecule has 2 aromatic rings. The first-order valence-electron chi connectivity index (χ1n) is 5.29. The summed E-state index contributed by atoms with van der Waals surface area (Å²) in [4.78, 5) is 7.99. The molecule has 17 heavy (non-hydrogen) atoms. The number of anilines is 1. The molecule has 4 nitrogen and oxygen atoms in total. The van der Waals surface area contributed by atoms with Crippen molar-refractivity contribution in [1.82, 2.24) is 9.97 Å². The van der Waals surface area contributed by atoms with Crippen LogP contribution in [0.25, 0.3) is 0 Å². The molecule has 0 aliphatic rings. The lowest BCUT2D eigenvalue weighted by Gasteiger charge is -2.09. The summed E-state index contributed by atoms with van der Waals surface area (Å²) in [6, 6.07) is 9.57. The van der Waals surface area contributed by atoms with Crippen LogP contribution in [0.3, 0.4) is 0 Å². The van der Waals surface area contributed by atoms with Crippen LogP contribution in [0.15, 0.2) is 36.8 Å². The number of nitriles is 1. The average Bonchev–Trinajstić information content (AvgIpc) is 2.39. The lowest BCUT2D eigenvalue weighted by atomic mass is 10.1. The minimum absolute atomic E-state index is 0.623. The van der Waals surface area contributed by atoms with E-state index in [2.05, 4.69) is 21.4 Å². The molecular formula is C13H12N4. The van der Waals surface area contributed by atoms with Gasteiger partial charge in [-0.2, -0.15) is 5.26 Å². The Morgan fingerprint density at radius 3 is 2.94 bits per heavy atom. The van der Waals surface area contributed by atoms with Crippen LogP contribution in [0.1, 0.15) is 16.8 Å². The average molecular weight is 224 g/mol. The van der Waals surface area contributed by atoms with E-state index in [0.29, 0.717) is 12.1 Å². The molecule has 0 spiro atoms. The molecule has 0 amide bonds. The number of nitrogens with one attached hydrogen (secondary N) is 1. The highest BCUT2D eigenvalue weighted by molar-refractivity contribution is 5.55. The van der Waals surface area contributed by atoms with Crippen LogP contribution in [0.4, 0.5) is 5.69 Å². The van der Waals surface area contributed by atoms with Gasteiger partial charge in [0.05, 0.1) is 23.9 Å². The molecule has 0 radical (unpaired) electrons. The highest BCUT2D eigenvalue weighted by Crippen LogP contribution is 2.16.